The minimum Gasteiger partial charge on any atom is -0.375 e. The molecule has 1 atom stereocenters. The molecule has 1 unspecified atom stereocenters. The van der Waals surface area contributed by atoms with Crippen molar-refractivity contribution in [3.63, 3.8) is 0 Å². The second-order valence-corrected chi connectivity index (χ2v) is 4.18. The minimum atomic E-state index is -0.332. The predicted molar refractivity (Wildman–Crippen MR) is 56.6 cm³/mol. The number of hydrogen-bond donors (Lipinski definition) is 0. The van der Waals surface area contributed by atoms with Crippen LogP contribution in [-0.4, -0.2) is 26.6 Å². The molecule has 74 valence electrons. The van der Waals surface area contributed by atoms with Crippen LogP contribution in [0.25, 0.3) is 10.4 Å². The predicted octanol–water partition coefficient (Wildman–Crippen LogP) is 1.92. The Labute approximate surface area is 80.7 Å². The molecule has 0 N–H and O–H groups in total. The molecule has 0 aromatic rings. The van der Waals surface area contributed by atoms with E-state index in [1.54, 1.807) is 0 Å². The zero-order valence-electron chi connectivity index (χ0n) is 8.95. The molecular formula is C8H18BN3O. The molecule has 0 aliphatic rings. The van der Waals surface area contributed by atoms with Gasteiger partial charge < -0.3 is 4.74 Å². The minimum absolute atomic E-state index is 0.332. The van der Waals surface area contributed by atoms with Crippen LogP contribution in [-0.2, 0) is 4.74 Å². The number of hydrogen-bond acceptors (Lipinski definition) is 2. The highest BCUT2D eigenvalue weighted by molar-refractivity contribution is 6.11. The normalized spacial score (nSPS) is 13.5. The van der Waals surface area contributed by atoms with Crippen molar-refractivity contribution in [3.8, 4) is 0 Å². The van der Waals surface area contributed by atoms with E-state index in [9.17, 15) is 0 Å². The largest absolute Gasteiger partial charge is 0.375 e. The molecule has 0 rings (SSSR count). The topological polar surface area (TPSA) is 58.0 Å². The summed E-state index contributed by atoms with van der Waals surface area (Å²) in [5, 5.41) is 3.50. The standard InChI is InChI=1S/C8H18BN3O/c1-7(9)4-5-13-8(2,3)6-11-12-10/h7H,4-6,9H2,1-3H3. The van der Waals surface area contributed by atoms with Crippen LogP contribution >= 0.6 is 0 Å². The Hall–Kier alpha value is -0.665. The summed E-state index contributed by atoms with van der Waals surface area (Å²) in [6, 6.07) is 0. The van der Waals surface area contributed by atoms with Gasteiger partial charge in [-0.15, -0.1) is 0 Å². The maximum Gasteiger partial charge on any atom is 0.105 e. The first kappa shape index (κ1) is 12.3. The van der Waals surface area contributed by atoms with Gasteiger partial charge in [-0.05, 0) is 25.8 Å². The Kier molecular flexibility index (Phi) is 5.59. The van der Waals surface area contributed by atoms with E-state index < -0.39 is 0 Å². The van der Waals surface area contributed by atoms with Gasteiger partial charge in [-0.3, -0.25) is 0 Å². The van der Waals surface area contributed by atoms with E-state index in [-0.39, 0.29) is 5.60 Å². The number of rotatable bonds is 6. The van der Waals surface area contributed by atoms with Crippen molar-refractivity contribution in [3.05, 3.63) is 10.4 Å². The van der Waals surface area contributed by atoms with Crippen molar-refractivity contribution in [1.82, 2.24) is 0 Å². The van der Waals surface area contributed by atoms with Crippen LogP contribution in [0.3, 0.4) is 0 Å². The van der Waals surface area contributed by atoms with E-state index in [1.165, 1.54) is 0 Å². The van der Waals surface area contributed by atoms with E-state index in [2.05, 4.69) is 24.8 Å². The van der Waals surface area contributed by atoms with Crippen molar-refractivity contribution in [2.45, 2.75) is 38.6 Å². The van der Waals surface area contributed by atoms with Crippen molar-refractivity contribution in [2.24, 2.45) is 5.11 Å². The lowest BCUT2D eigenvalue weighted by Crippen LogP contribution is -2.28. The van der Waals surface area contributed by atoms with Gasteiger partial charge in [0.05, 0.1) is 12.1 Å². The molecule has 0 aliphatic carbocycles. The second-order valence-electron chi connectivity index (χ2n) is 4.18. The maximum absolute atomic E-state index is 8.15. The molecule has 0 aliphatic heterocycles. The molecule has 0 radical (unpaired) electrons. The lowest BCUT2D eigenvalue weighted by Gasteiger charge is -2.23. The second kappa shape index (κ2) is 5.89. The zero-order chi connectivity index (χ0) is 10.3. The highest BCUT2D eigenvalue weighted by Crippen LogP contribution is 2.12. The van der Waals surface area contributed by atoms with Crippen molar-refractivity contribution in [1.29, 1.82) is 0 Å². The summed E-state index contributed by atoms with van der Waals surface area (Å²) in [5.74, 6) is 0.648. The number of nitrogens with zero attached hydrogens (tertiary/aromatic N) is 3. The maximum atomic E-state index is 8.15. The Morgan fingerprint density at radius 3 is 2.69 bits per heavy atom. The zero-order valence-corrected chi connectivity index (χ0v) is 8.95. The van der Waals surface area contributed by atoms with Crippen LogP contribution in [0.2, 0.25) is 5.82 Å². The van der Waals surface area contributed by atoms with Gasteiger partial charge in [0.25, 0.3) is 0 Å². The average molecular weight is 183 g/mol. The fourth-order valence-electron chi connectivity index (χ4n) is 0.818. The molecule has 13 heavy (non-hydrogen) atoms. The summed E-state index contributed by atoms with van der Waals surface area (Å²) < 4.78 is 5.58. The molecule has 0 heterocycles. The van der Waals surface area contributed by atoms with Gasteiger partial charge in [0.1, 0.15) is 7.85 Å². The first-order chi connectivity index (χ1) is 5.98. The fraction of sp³-hybridized carbons (Fsp3) is 1.00. The Morgan fingerprint density at radius 2 is 2.23 bits per heavy atom. The molecule has 0 saturated carbocycles. The lowest BCUT2D eigenvalue weighted by molar-refractivity contribution is -0.0114. The van der Waals surface area contributed by atoms with E-state index in [1.807, 2.05) is 13.8 Å². The Morgan fingerprint density at radius 1 is 1.62 bits per heavy atom. The lowest BCUT2D eigenvalue weighted by atomic mass is 9.87. The molecular weight excluding hydrogens is 165 g/mol. The van der Waals surface area contributed by atoms with E-state index in [4.69, 9.17) is 10.3 Å². The molecule has 0 aromatic carbocycles. The van der Waals surface area contributed by atoms with Crippen LogP contribution in [0, 0.1) is 0 Å². The van der Waals surface area contributed by atoms with Crippen LogP contribution < -0.4 is 0 Å². The summed E-state index contributed by atoms with van der Waals surface area (Å²) in [4.78, 5) is 2.71. The third-order valence-electron chi connectivity index (χ3n) is 1.70. The summed E-state index contributed by atoms with van der Waals surface area (Å²) in [6.45, 7) is 7.14. The van der Waals surface area contributed by atoms with Gasteiger partial charge in [-0.25, -0.2) is 0 Å². The smallest absolute Gasteiger partial charge is 0.105 e. The van der Waals surface area contributed by atoms with Gasteiger partial charge in [-0.1, -0.05) is 17.9 Å². The third kappa shape index (κ3) is 7.69. The molecule has 0 fully saturated rings. The van der Waals surface area contributed by atoms with Crippen molar-refractivity contribution < 1.29 is 4.74 Å². The summed E-state index contributed by atoms with van der Waals surface area (Å²) >= 11 is 0. The SMILES string of the molecule is BC(C)CCOC(C)(C)CN=[N+]=[N-]. The van der Waals surface area contributed by atoms with E-state index >= 15 is 0 Å². The first-order valence-corrected chi connectivity index (χ1v) is 4.63. The van der Waals surface area contributed by atoms with Crippen molar-refractivity contribution >= 4 is 7.85 Å². The molecule has 0 saturated heterocycles. The average Bonchev–Trinajstić information content (AvgIpc) is 2.00. The monoisotopic (exact) mass is 183 g/mol. The molecule has 4 nitrogen and oxygen atoms in total. The summed E-state index contributed by atoms with van der Waals surface area (Å²) in [6.07, 6.45) is 1.04. The molecule has 0 bridgehead atoms. The van der Waals surface area contributed by atoms with Crippen LogP contribution in [0.4, 0.5) is 0 Å². The van der Waals surface area contributed by atoms with Crippen LogP contribution in [0.5, 0.6) is 0 Å². The third-order valence-corrected chi connectivity index (χ3v) is 1.70. The fourth-order valence-corrected chi connectivity index (χ4v) is 0.818. The molecule has 0 amide bonds. The highest BCUT2D eigenvalue weighted by Gasteiger charge is 2.16. The van der Waals surface area contributed by atoms with E-state index in [0.717, 1.165) is 13.0 Å². The molecule has 0 aromatic heterocycles. The quantitative estimate of drug-likeness (QED) is 0.268. The summed E-state index contributed by atoms with van der Waals surface area (Å²) in [7, 11) is 2.16. The Bertz CT molecular complexity index is 188. The van der Waals surface area contributed by atoms with Gasteiger partial charge >= 0.3 is 0 Å². The number of azide groups is 1. The highest BCUT2D eigenvalue weighted by atomic mass is 16.5. The van der Waals surface area contributed by atoms with Crippen LogP contribution in [0.15, 0.2) is 5.11 Å². The van der Waals surface area contributed by atoms with Crippen LogP contribution in [0.1, 0.15) is 27.2 Å². The van der Waals surface area contributed by atoms with Gasteiger partial charge in [-0.2, -0.15) is 0 Å². The van der Waals surface area contributed by atoms with E-state index in [0.29, 0.717) is 12.4 Å². The summed E-state index contributed by atoms with van der Waals surface area (Å²) in [5.41, 5.74) is 7.81. The first-order valence-electron chi connectivity index (χ1n) is 4.63. The van der Waals surface area contributed by atoms with Gasteiger partial charge in [0.15, 0.2) is 0 Å². The Balaban J connectivity index is 3.68. The van der Waals surface area contributed by atoms with Gasteiger partial charge in [0, 0.05) is 11.5 Å². The number of ether oxygens (including phenoxy) is 1. The molecule has 0 spiro atoms. The molecule has 5 heteroatoms. The van der Waals surface area contributed by atoms with Crippen molar-refractivity contribution in [2.75, 3.05) is 13.2 Å². The van der Waals surface area contributed by atoms with Gasteiger partial charge in [0.2, 0.25) is 0 Å².